The van der Waals surface area contributed by atoms with E-state index in [0.29, 0.717) is 25.2 Å². The van der Waals surface area contributed by atoms with E-state index in [9.17, 15) is 9.59 Å². The highest BCUT2D eigenvalue weighted by Crippen LogP contribution is 2.30. The van der Waals surface area contributed by atoms with Gasteiger partial charge in [0.25, 0.3) is 0 Å². The Balaban J connectivity index is 1.34. The van der Waals surface area contributed by atoms with Crippen molar-refractivity contribution >= 4 is 11.8 Å². The van der Waals surface area contributed by atoms with E-state index in [4.69, 9.17) is 4.74 Å². The zero-order valence-electron chi connectivity index (χ0n) is 18.1. The van der Waals surface area contributed by atoms with Crippen LogP contribution in [0.1, 0.15) is 44.1 Å². The predicted octanol–water partition coefficient (Wildman–Crippen LogP) is 3.87. The second-order valence-electron chi connectivity index (χ2n) is 8.93. The summed E-state index contributed by atoms with van der Waals surface area (Å²) in [5.74, 6) is 0.677. The summed E-state index contributed by atoms with van der Waals surface area (Å²) in [4.78, 5) is 24.5. The van der Waals surface area contributed by atoms with Crippen LogP contribution in [-0.4, -0.2) is 37.1 Å². The fourth-order valence-electron chi connectivity index (χ4n) is 4.67. The summed E-state index contributed by atoms with van der Waals surface area (Å²) in [6.45, 7) is 2.31. The van der Waals surface area contributed by atoms with Gasteiger partial charge in [0.2, 0.25) is 11.8 Å². The fraction of sp³-hybridized carbons (Fsp3) is 0.462. The number of hydrogen-bond acceptors (Lipinski definition) is 3. The fourth-order valence-corrected chi connectivity index (χ4v) is 4.67. The second kappa shape index (κ2) is 10.1. The highest BCUT2D eigenvalue weighted by molar-refractivity contribution is 5.80. The molecule has 2 amide bonds. The first-order chi connectivity index (χ1) is 15.1. The van der Waals surface area contributed by atoms with Gasteiger partial charge in [-0.3, -0.25) is 9.59 Å². The van der Waals surface area contributed by atoms with E-state index in [1.807, 2.05) is 18.2 Å². The van der Waals surface area contributed by atoms with Crippen LogP contribution in [0.15, 0.2) is 54.6 Å². The van der Waals surface area contributed by atoms with Crippen LogP contribution in [0.4, 0.5) is 0 Å². The van der Waals surface area contributed by atoms with Gasteiger partial charge in [0, 0.05) is 38.1 Å². The molecule has 1 atom stereocenters. The molecular formula is C26H32N2O3. The Morgan fingerprint density at radius 3 is 2.42 bits per heavy atom. The summed E-state index contributed by atoms with van der Waals surface area (Å²) in [5, 5.41) is 6.27. The molecule has 2 fully saturated rings. The van der Waals surface area contributed by atoms with E-state index in [-0.39, 0.29) is 17.4 Å². The number of nitrogens with one attached hydrogen (secondary N) is 2. The maximum absolute atomic E-state index is 12.5. The summed E-state index contributed by atoms with van der Waals surface area (Å²) in [7, 11) is 0. The van der Waals surface area contributed by atoms with Crippen LogP contribution in [0.25, 0.3) is 11.1 Å². The van der Waals surface area contributed by atoms with E-state index in [1.54, 1.807) is 0 Å². The molecule has 164 valence electrons. The van der Waals surface area contributed by atoms with Crippen molar-refractivity contribution in [3.63, 3.8) is 0 Å². The minimum Gasteiger partial charge on any atom is -0.381 e. The van der Waals surface area contributed by atoms with Crippen LogP contribution >= 0.6 is 0 Å². The molecule has 0 aliphatic carbocycles. The molecule has 0 saturated carbocycles. The lowest BCUT2D eigenvalue weighted by Crippen LogP contribution is -2.44. The SMILES string of the molecule is O=C(CCC1(Cc2ccc(-c3ccccc3)cc2)CCC(=O)N1)NCC1CCOCC1. The van der Waals surface area contributed by atoms with Crippen molar-refractivity contribution in [3.8, 4) is 11.1 Å². The topological polar surface area (TPSA) is 67.4 Å². The Bertz CT molecular complexity index is 875. The van der Waals surface area contributed by atoms with Crippen LogP contribution in [0.5, 0.6) is 0 Å². The quantitative estimate of drug-likeness (QED) is 0.681. The number of benzene rings is 2. The van der Waals surface area contributed by atoms with Crippen molar-refractivity contribution in [3.05, 3.63) is 60.2 Å². The molecule has 2 N–H and O–H groups in total. The largest absolute Gasteiger partial charge is 0.381 e. The summed E-state index contributed by atoms with van der Waals surface area (Å²) in [6, 6.07) is 18.9. The van der Waals surface area contributed by atoms with Gasteiger partial charge in [-0.25, -0.2) is 0 Å². The standard InChI is InChI=1S/C26H32N2O3/c29-24(27-19-21-12-16-31-17-13-21)10-14-26(15-11-25(30)28-26)18-20-6-8-23(9-7-20)22-4-2-1-3-5-22/h1-9,21H,10-19H2,(H,27,29)(H,28,30). The molecule has 2 heterocycles. The molecule has 5 nitrogen and oxygen atoms in total. The average molecular weight is 421 g/mol. The van der Waals surface area contributed by atoms with E-state index in [0.717, 1.165) is 45.4 Å². The molecule has 0 radical (unpaired) electrons. The molecular weight excluding hydrogens is 388 g/mol. The maximum atomic E-state index is 12.5. The minimum absolute atomic E-state index is 0.0754. The Kier molecular flexibility index (Phi) is 7.03. The summed E-state index contributed by atoms with van der Waals surface area (Å²) < 4.78 is 5.38. The molecule has 5 heteroatoms. The number of carbonyl (C=O) groups excluding carboxylic acids is 2. The molecule has 4 rings (SSSR count). The van der Waals surface area contributed by atoms with Crippen LogP contribution < -0.4 is 10.6 Å². The third-order valence-electron chi connectivity index (χ3n) is 6.60. The molecule has 0 spiro atoms. The van der Waals surface area contributed by atoms with Crippen molar-refractivity contribution in [1.82, 2.24) is 10.6 Å². The van der Waals surface area contributed by atoms with Crippen LogP contribution in [0.3, 0.4) is 0 Å². The lowest BCUT2D eigenvalue weighted by atomic mass is 9.84. The van der Waals surface area contributed by atoms with E-state index in [2.05, 4.69) is 47.0 Å². The molecule has 0 bridgehead atoms. The number of rotatable bonds is 8. The van der Waals surface area contributed by atoms with Gasteiger partial charge in [0.05, 0.1) is 0 Å². The Morgan fingerprint density at radius 1 is 1.03 bits per heavy atom. The Hall–Kier alpha value is -2.66. The van der Waals surface area contributed by atoms with Crippen molar-refractivity contribution in [2.45, 2.75) is 50.5 Å². The van der Waals surface area contributed by atoms with E-state index in [1.165, 1.54) is 16.7 Å². The van der Waals surface area contributed by atoms with E-state index < -0.39 is 0 Å². The van der Waals surface area contributed by atoms with Gasteiger partial charge in [0.1, 0.15) is 0 Å². The zero-order chi connectivity index (χ0) is 21.5. The zero-order valence-corrected chi connectivity index (χ0v) is 18.1. The summed E-state index contributed by atoms with van der Waals surface area (Å²) in [6.07, 6.45) is 5.19. The van der Waals surface area contributed by atoms with Crippen molar-refractivity contribution < 1.29 is 14.3 Å². The maximum Gasteiger partial charge on any atom is 0.220 e. The first-order valence-electron chi connectivity index (χ1n) is 11.4. The molecule has 2 aliphatic rings. The van der Waals surface area contributed by atoms with Crippen molar-refractivity contribution in [1.29, 1.82) is 0 Å². The number of ether oxygens (including phenoxy) is 1. The van der Waals surface area contributed by atoms with Gasteiger partial charge in [-0.1, -0.05) is 54.6 Å². The normalized spacial score (nSPS) is 21.6. The van der Waals surface area contributed by atoms with Gasteiger partial charge in [-0.05, 0) is 54.7 Å². The minimum atomic E-state index is -0.332. The molecule has 31 heavy (non-hydrogen) atoms. The molecule has 2 aliphatic heterocycles. The predicted molar refractivity (Wildman–Crippen MR) is 121 cm³/mol. The lowest BCUT2D eigenvalue weighted by molar-refractivity contribution is -0.123. The molecule has 0 aromatic heterocycles. The van der Waals surface area contributed by atoms with Gasteiger partial charge in [-0.2, -0.15) is 0 Å². The van der Waals surface area contributed by atoms with Crippen LogP contribution in [0.2, 0.25) is 0 Å². The first kappa shape index (κ1) is 21.6. The van der Waals surface area contributed by atoms with Crippen molar-refractivity contribution in [2.75, 3.05) is 19.8 Å². The Morgan fingerprint density at radius 2 is 1.74 bits per heavy atom. The average Bonchev–Trinajstić information content (AvgIpc) is 3.18. The summed E-state index contributed by atoms with van der Waals surface area (Å²) in [5.41, 5.74) is 3.23. The van der Waals surface area contributed by atoms with Gasteiger partial charge in [-0.15, -0.1) is 0 Å². The van der Waals surface area contributed by atoms with Gasteiger partial charge < -0.3 is 15.4 Å². The highest BCUT2D eigenvalue weighted by Gasteiger charge is 2.37. The number of hydrogen-bond donors (Lipinski definition) is 2. The van der Waals surface area contributed by atoms with Crippen molar-refractivity contribution in [2.24, 2.45) is 5.92 Å². The number of amides is 2. The van der Waals surface area contributed by atoms with Gasteiger partial charge >= 0.3 is 0 Å². The van der Waals surface area contributed by atoms with Crippen LogP contribution in [-0.2, 0) is 20.7 Å². The van der Waals surface area contributed by atoms with Crippen LogP contribution in [0, 0.1) is 5.92 Å². The lowest BCUT2D eigenvalue weighted by Gasteiger charge is -2.29. The van der Waals surface area contributed by atoms with Gasteiger partial charge in [0.15, 0.2) is 0 Å². The van der Waals surface area contributed by atoms with E-state index >= 15 is 0 Å². The molecule has 2 aromatic rings. The second-order valence-corrected chi connectivity index (χ2v) is 8.93. The Labute approximate surface area is 184 Å². The molecule has 2 aromatic carbocycles. The monoisotopic (exact) mass is 420 g/mol. The third kappa shape index (κ3) is 5.95. The number of carbonyl (C=O) groups is 2. The first-order valence-corrected chi connectivity index (χ1v) is 11.4. The smallest absolute Gasteiger partial charge is 0.220 e. The third-order valence-corrected chi connectivity index (χ3v) is 6.60. The summed E-state index contributed by atoms with van der Waals surface area (Å²) >= 11 is 0. The molecule has 1 unspecified atom stereocenters. The molecule has 2 saturated heterocycles. The highest BCUT2D eigenvalue weighted by atomic mass is 16.5.